The van der Waals surface area contributed by atoms with E-state index in [9.17, 15) is 9.59 Å². The van der Waals surface area contributed by atoms with Crippen molar-refractivity contribution < 1.29 is 24.2 Å². The van der Waals surface area contributed by atoms with Gasteiger partial charge in [0, 0.05) is 19.7 Å². The summed E-state index contributed by atoms with van der Waals surface area (Å²) >= 11 is 0. The number of carbonyl (C=O) groups excluding carboxylic acids is 1. The first-order valence-electron chi connectivity index (χ1n) is 6.82. The molecule has 1 N–H and O–H groups in total. The summed E-state index contributed by atoms with van der Waals surface area (Å²) < 4.78 is 10.7. The summed E-state index contributed by atoms with van der Waals surface area (Å²) in [5.41, 5.74) is 0. The maximum atomic E-state index is 11.8. The zero-order valence-electron chi connectivity index (χ0n) is 11.5. The molecule has 1 aliphatic rings. The van der Waals surface area contributed by atoms with Gasteiger partial charge < -0.3 is 19.5 Å². The fourth-order valence-corrected chi connectivity index (χ4v) is 1.98. The topological polar surface area (TPSA) is 76.1 Å². The first kappa shape index (κ1) is 15.9. The highest BCUT2D eigenvalue weighted by Gasteiger charge is 2.23. The number of amides is 1. The smallest absolute Gasteiger partial charge is 0.305 e. The van der Waals surface area contributed by atoms with Gasteiger partial charge in [0.25, 0.3) is 0 Å². The Bertz CT molecular complexity index is 287. The van der Waals surface area contributed by atoms with Crippen LogP contribution in [0.1, 0.15) is 32.6 Å². The summed E-state index contributed by atoms with van der Waals surface area (Å²) in [5, 5.41) is 8.51. The molecule has 1 fully saturated rings. The summed E-state index contributed by atoms with van der Waals surface area (Å²) in [4.78, 5) is 23.9. The first-order chi connectivity index (χ1) is 9.13. The number of hydrogen-bond acceptors (Lipinski definition) is 4. The van der Waals surface area contributed by atoms with Crippen LogP contribution in [0.2, 0.25) is 0 Å². The number of nitrogens with zero attached hydrogens (tertiary/aromatic N) is 1. The lowest BCUT2D eigenvalue weighted by atomic mass is 10.1. The molecule has 0 atom stereocenters. The lowest BCUT2D eigenvalue weighted by Gasteiger charge is -2.31. The number of carboxylic acids is 1. The van der Waals surface area contributed by atoms with Crippen LogP contribution in [-0.2, 0) is 19.1 Å². The van der Waals surface area contributed by atoms with Gasteiger partial charge in [-0.3, -0.25) is 9.59 Å². The predicted molar refractivity (Wildman–Crippen MR) is 68.9 cm³/mol. The van der Waals surface area contributed by atoms with Crippen LogP contribution in [-0.4, -0.2) is 60.9 Å². The lowest BCUT2D eigenvalue weighted by Crippen LogP contribution is -2.42. The normalized spacial score (nSPS) is 16.6. The number of hydrogen-bond donors (Lipinski definition) is 1. The second-order valence-electron chi connectivity index (χ2n) is 4.65. The van der Waals surface area contributed by atoms with E-state index in [0.717, 1.165) is 19.3 Å². The highest BCUT2D eigenvalue weighted by molar-refractivity contribution is 5.77. The molecule has 0 saturated carbocycles. The van der Waals surface area contributed by atoms with Gasteiger partial charge in [-0.05, 0) is 19.3 Å². The van der Waals surface area contributed by atoms with Gasteiger partial charge in [-0.2, -0.15) is 0 Å². The molecule has 1 saturated heterocycles. The SMILES string of the molecule is CCCOCC(=O)N1CCC(OCCC(=O)O)CC1. The zero-order chi connectivity index (χ0) is 14.1. The standard InChI is InChI=1S/C13H23NO5/c1-2-8-18-10-12(15)14-6-3-11(4-7-14)19-9-5-13(16)17/h11H,2-10H2,1H3,(H,16,17). The van der Waals surface area contributed by atoms with E-state index in [1.54, 1.807) is 4.90 Å². The molecule has 0 radical (unpaired) electrons. The maximum Gasteiger partial charge on any atom is 0.305 e. The minimum Gasteiger partial charge on any atom is -0.481 e. The Morgan fingerprint density at radius 2 is 1.95 bits per heavy atom. The fraction of sp³-hybridized carbons (Fsp3) is 0.846. The highest BCUT2D eigenvalue weighted by Crippen LogP contribution is 2.14. The molecule has 110 valence electrons. The van der Waals surface area contributed by atoms with E-state index in [2.05, 4.69) is 0 Å². The Kier molecular flexibility index (Phi) is 7.43. The summed E-state index contributed by atoms with van der Waals surface area (Å²) in [6.45, 7) is 4.33. The molecule has 19 heavy (non-hydrogen) atoms. The molecule has 0 spiro atoms. The van der Waals surface area contributed by atoms with Gasteiger partial charge in [-0.15, -0.1) is 0 Å². The van der Waals surface area contributed by atoms with Crippen LogP contribution in [0.5, 0.6) is 0 Å². The van der Waals surface area contributed by atoms with E-state index in [1.165, 1.54) is 0 Å². The van der Waals surface area contributed by atoms with E-state index >= 15 is 0 Å². The molecule has 6 heteroatoms. The predicted octanol–water partition coefficient (Wildman–Crippen LogP) is 0.895. The number of likely N-dealkylation sites (tertiary alicyclic amines) is 1. The van der Waals surface area contributed by atoms with E-state index in [1.807, 2.05) is 6.92 Å². The van der Waals surface area contributed by atoms with Crippen LogP contribution in [0.3, 0.4) is 0 Å². The van der Waals surface area contributed by atoms with Crippen molar-refractivity contribution in [2.45, 2.75) is 38.7 Å². The van der Waals surface area contributed by atoms with Gasteiger partial charge >= 0.3 is 5.97 Å². The lowest BCUT2D eigenvalue weighted by molar-refractivity contribution is -0.140. The maximum absolute atomic E-state index is 11.8. The van der Waals surface area contributed by atoms with Crippen LogP contribution < -0.4 is 0 Å². The molecule has 0 aromatic rings. The fourth-order valence-electron chi connectivity index (χ4n) is 1.98. The molecule has 6 nitrogen and oxygen atoms in total. The molecule has 1 amide bonds. The number of carbonyl (C=O) groups is 2. The quantitative estimate of drug-likeness (QED) is 0.665. The third kappa shape index (κ3) is 6.54. The minimum absolute atomic E-state index is 0.0254. The summed E-state index contributed by atoms with van der Waals surface area (Å²) in [7, 11) is 0. The molecule has 1 aliphatic heterocycles. The van der Waals surface area contributed by atoms with Crippen molar-refractivity contribution >= 4 is 11.9 Å². The summed E-state index contributed by atoms with van der Waals surface area (Å²) in [5.74, 6) is -0.821. The molecule has 0 aliphatic carbocycles. The van der Waals surface area contributed by atoms with Gasteiger partial charge in [0.1, 0.15) is 6.61 Å². The molecular formula is C13H23NO5. The zero-order valence-corrected chi connectivity index (χ0v) is 11.5. The van der Waals surface area contributed by atoms with Crippen molar-refractivity contribution in [3.8, 4) is 0 Å². The number of ether oxygens (including phenoxy) is 2. The molecule has 0 aromatic carbocycles. The Labute approximate surface area is 113 Å². The second-order valence-corrected chi connectivity index (χ2v) is 4.65. The second kappa shape index (κ2) is 8.87. The minimum atomic E-state index is -0.847. The van der Waals surface area contributed by atoms with Gasteiger partial charge in [-0.25, -0.2) is 0 Å². The average molecular weight is 273 g/mol. The third-order valence-corrected chi connectivity index (χ3v) is 3.04. The van der Waals surface area contributed by atoms with Crippen molar-refractivity contribution in [1.29, 1.82) is 0 Å². The molecule has 0 bridgehead atoms. The Morgan fingerprint density at radius 3 is 2.53 bits per heavy atom. The first-order valence-corrected chi connectivity index (χ1v) is 6.82. The Hall–Kier alpha value is -1.14. The average Bonchev–Trinajstić information content (AvgIpc) is 2.39. The number of carboxylic acid groups (broad SMARTS) is 1. The van der Waals surface area contributed by atoms with Crippen molar-refractivity contribution in [2.75, 3.05) is 32.9 Å². The highest BCUT2D eigenvalue weighted by atomic mass is 16.5. The largest absolute Gasteiger partial charge is 0.481 e. The number of piperidine rings is 1. The van der Waals surface area contributed by atoms with Crippen LogP contribution in [0.4, 0.5) is 0 Å². The van der Waals surface area contributed by atoms with Crippen LogP contribution >= 0.6 is 0 Å². The molecule has 1 rings (SSSR count). The van der Waals surface area contributed by atoms with E-state index in [0.29, 0.717) is 19.7 Å². The Morgan fingerprint density at radius 1 is 1.26 bits per heavy atom. The van der Waals surface area contributed by atoms with E-state index in [-0.39, 0.29) is 31.6 Å². The summed E-state index contributed by atoms with van der Waals surface area (Å²) in [6, 6.07) is 0. The van der Waals surface area contributed by atoms with Gasteiger partial charge in [0.15, 0.2) is 0 Å². The van der Waals surface area contributed by atoms with Crippen molar-refractivity contribution in [3.63, 3.8) is 0 Å². The number of aliphatic carboxylic acids is 1. The van der Waals surface area contributed by atoms with Crippen LogP contribution in [0.15, 0.2) is 0 Å². The van der Waals surface area contributed by atoms with Gasteiger partial charge in [0.05, 0.1) is 19.1 Å². The van der Waals surface area contributed by atoms with Crippen molar-refractivity contribution in [1.82, 2.24) is 4.90 Å². The van der Waals surface area contributed by atoms with E-state index < -0.39 is 5.97 Å². The third-order valence-electron chi connectivity index (χ3n) is 3.04. The molecule has 0 aromatic heterocycles. The number of rotatable bonds is 8. The Balaban J connectivity index is 2.14. The summed E-state index contributed by atoms with van der Waals surface area (Å²) in [6.07, 6.45) is 2.54. The van der Waals surface area contributed by atoms with Crippen molar-refractivity contribution in [3.05, 3.63) is 0 Å². The monoisotopic (exact) mass is 273 g/mol. The van der Waals surface area contributed by atoms with Gasteiger partial charge in [-0.1, -0.05) is 6.92 Å². The van der Waals surface area contributed by atoms with Crippen molar-refractivity contribution in [2.24, 2.45) is 0 Å². The van der Waals surface area contributed by atoms with Crippen LogP contribution in [0, 0.1) is 0 Å². The van der Waals surface area contributed by atoms with Crippen LogP contribution in [0.25, 0.3) is 0 Å². The molecule has 1 heterocycles. The van der Waals surface area contributed by atoms with Gasteiger partial charge in [0.2, 0.25) is 5.91 Å². The molecule has 0 unspecified atom stereocenters. The van der Waals surface area contributed by atoms with E-state index in [4.69, 9.17) is 14.6 Å². The molecular weight excluding hydrogens is 250 g/mol.